The van der Waals surface area contributed by atoms with Crippen LogP contribution in [0.3, 0.4) is 0 Å². The molecule has 1 fully saturated rings. The number of anilines is 1. The van der Waals surface area contributed by atoms with E-state index in [1.807, 2.05) is 0 Å². The first kappa shape index (κ1) is 8.90. The average Bonchev–Trinajstić information content (AvgIpc) is 2.20. The van der Waals surface area contributed by atoms with Crippen LogP contribution < -0.4 is 4.90 Å². The second-order valence-corrected chi connectivity index (χ2v) is 3.72. The van der Waals surface area contributed by atoms with E-state index in [1.165, 1.54) is 0 Å². The Labute approximate surface area is 85.1 Å². The molecule has 13 heavy (non-hydrogen) atoms. The maximum Gasteiger partial charge on any atom is 0.225 e. The van der Waals surface area contributed by atoms with Gasteiger partial charge in [-0.3, -0.25) is 0 Å². The maximum absolute atomic E-state index is 5.24. The van der Waals surface area contributed by atoms with Crippen LogP contribution in [0.4, 0.5) is 5.95 Å². The Morgan fingerprint density at radius 1 is 1.23 bits per heavy atom. The van der Waals surface area contributed by atoms with Gasteiger partial charge in [0.15, 0.2) is 0 Å². The van der Waals surface area contributed by atoms with Crippen molar-refractivity contribution in [1.82, 2.24) is 9.97 Å². The van der Waals surface area contributed by atoms with E-state index < -0.39 is 0 Å². The van der Waals surface area contributed by atoms with E-state index in [-0.39, 0.29) is 0 Å². The van der Waals surface area contributed by atoms with E-state index in [1.54, 1.807) is 12.4 Å². The van der Waals surface area contributed by atoms with Gasteiger partial charge >= 0.3 is 0 Å². The molecule has 1 aromatic rings. The zero-order valence-corrected chi connectivity index (χ0v) is 8.70. The zero-order valence-electron chi connectivity index (χ0n) is 7.11. The van der Waals surface area contributed by atoms with Gasteiger partial charge in [-0.25, -0.2) is 9.97 Å². The molecule has 0 spiro atoms. The summed E-state index contributed by atoms with van der Waals surface area (Å²) in [5.74, 6) is 0.784. The van der Waals surface area contributed by atoms with Gasteiger partial charge in [-0.2, -0.15) is 0 Å². The van der Waals surface area contributed by atoms with Gasteiger partial charge in [0.2, 0.25) is 5.95 Å². The number of halogens is 1. The van der Waals surface area contributed by atoms with Crippen LogP contribution in [0.2, 0.25) is 0 Å². The quantitative estimate of drug-likeness (QED) is 0.740. The molecule has 4 nitrogen and oxygen atoms in total. The Morgan fingerprint density at radius 3 is 2.46 bits per heavy atom. The summed E-state index contributed by atoms with van der Waals surface area (Å²) in [7, 11) is 0. The molecule has 0 aliphatic carbocycles. The first-order valence-corrected chi connectivity index (χ1v) is 4.96. The van der Waals surface area contributed by atoms with Crippen LogP contribution in [0.1, 0.15) is 0 Å². The topological polar surface area (TPSA) is 38.2 Å². The lowest BCUT2D eigenvalue weighted by atomic mass is 10.4. The molecular formula is C8H10BrN3O. The van der Waals surface area contributed by atoms with Crippen molar-refractivity contribution < 1.29 is 4.74 Å². The van der Waals surface area contributed by atoms with Crippen molar-refractivity contribution in [2.24, 2.45) is 0 Å². The van der Waals surface area contributed by atoms with Gasteiger partial charge in [0.05, 0.1) is 17.7 Å². The first-order valence-electron chi connectivity index (χ1n) is 4.16. The molecule has 0 radical (unpaired) electrons. The van der Waals surface area contributed by atoms with E-state index in [0.717, 1.165) is 36.7 Å². The molecule has 1 aliphatic heterocycles. The van der Waals surface area contributed by atoms with Crippen LogP contribution in [0.25, 0.3) is 0 Å². The molecule has 0 atom stereocenters. The summed E-state index contributed by atoms with van der Waals surface area (Å²) in [5, 5.41) is 0. The highest BCUT2D eigenvalue weighted by Gasteiger charge is 2.12. The lowest BCUT2D eigenvalue weighted by Gasteiger charge is -2.26. The minimum atomic E-state index is 0.763. The smallest absolute Gasteiger partial charge is 0.225 e. The fourth-order valence-electron chi connectivity index (χ4n) is 1.23. The third kappa shape index (κ3) is 2.16. The van der Waals surface area contributed by atoms with Gasteiger partial charge in [0, 0.05) is 25.5 Å². The van der Waals surface area contributed by atoms with Crippen molar-refractivity contribution in [1.29, 1.82) is 0 Å². The highest BCUT2D eigenvalue weighted by atomic mass is 79.9. The average molecular weight is 244 g/mol. The van der Waals surface area contributed by atoms with E-state index >= 15 is 0 Å². The zero-order chi connectivity index (χ0) is 9.10. The van der Waals surface area contributed by atoms with Crippen LogP contribution in [-0.2, 0) is 4.74 Å². The lowest BCUT2D eigenvalue weighted by molar-refractivity contribution is 0.122. The van der Waals surface area contributed by atoms with Gasteiger partial charge in [-0.15, -0.1) is 0 Å². The maximum atomic E-state index is 5.24. The lowest BCUT2D eigenvalue weighted by Crippen LogP contribution is -2.37. The summed E-state index contributed by atoms with van der Waals surface area (Å²) in [5.41, 5.74) is 0. The molecule has 1 saturated heterocycles. The van der Waals surface area contributed by atoms with E-state index in [0.29, 0.717) is 0 Å². The number of ether oxygens (including phenoxy) is 1. The number of morpholine rings is 1. The Balaban J connectivity index is 2.10. The van der Waals surface area contributed by atoms with E-state index in [2.05, 4.69) is 30.8 Å². The summed E-state index contributed by atoms with van der Waals surface area (Å²) >= 11 is 3.30. The fraction of sp³-hybridized carbons (Fsp3) is 0.500. The third-order valence-corrected chi connectivity index (χ3v) is 2.31. The molecule has 5 heteroatoms. The highest BCUT2D eigenvalue weighted by molar-refractivity contribution is 9.10. The summed E-state index contributed by atoms with van der Waals surface area (Å²) in [6.07, 6.45) is 3.52. The predicted molar refractivity (Wildman–Crippen MR) is 52.8 cm³/mol. The van der Waals surface area contributed by atoms with Crippen molar-refractivity contribution in [2.75, 3.05) is 31.2 Å². The summed E-state index contributed by atoms with van der Waals surface area (Å²) in [6, 6.07) is 0. The Hall–Kier alpha value is -0.680. The van der Waals surface area contributed by atoms with E-state index in [4.69, 9.17) is 4.74 Å². The molecule has 70 valence electrons. The van der Waals surface area contributed by atoms with Gasteiger partial charge in [-0.05, 0) is 15.9 Å². The number of aromatic nitrogens is 2. The number of nitrogens with zero attached hydrogens (tertiary/aromatic N) is 3. The van der Waals surface area contributed by atoms with Crippen LogP contribution in [-0.4, -0.2) is 36.3 Å². The van der Waals surface area contributed by atoms with Crippen molar-refractivity contribution in [3.05, 3.63) is 16.9 Å². The van der Waals surface area contributed by atoms with Crippen LogP contribution in [0, 0.1) is 0 Å². The molecule has 0 N–H and O–H groups in total. The fourth-order valence-corrected chi connectivity index (χ4v) is 1.44. The summed E-state index contributed by atoms with van der Waals surface area (Å²) < 4.78 is 6.15. The van der Waals surface area contributed by atoms with Gasteiger partial charge in [0.1, 0.15) is 0 Å². The molecule has 2 heterocycles. The number of rotatable bonds is 1. The van der Waals surface area contributed by atoms with Crippen molar-refractivity contribution in [3.63, 3.8) is 0 Å². The first-order chi connectivity index (χ1) is 6.36. The Morgan fingerprint density at radius 2 is 1.85 bits per heavy atom. The number of hydrogen-bond acceptors (Lipinski definition) is 4. The van der Waals surface area contributed by atoms with Gasteiger partial charge in [-0.1, -0.05) is 0 Å². The largest absolute Gasteiger partial charge is 0.378 e. The minimum absolute atomic E-state index is 0.763. The van der Waals surface area contributed by atoms with Crippen LogP contribution in [0.5, 0.6) is 0 Å². The molecule has 1 aromatic heterocycles. The molecule has 0 bridgehead atoms. The number of hydrogen-bond donors (Lipinski definition) is 0. The standard InChI is InChI=1S/C8H10BrN3O/c9-7-5-10-8(11-6-7)12-1-3-13-4-2-12/h5-6H,1-4H2. The summed E-state index contributed by atoms with van der Waals surface area (Å²) in [6.45, 7) is 3.28. The molecule has 2 rings (SSSR count). The Kier molecular flexibility index (Phi) is 2.75. The second kappa shape index (κ2) is 4.02. The highest BCUT2D eigenvalue weighted by Crippen LogP contribution is 2.11. The molecular weight excluding hydrogens is 234 g/mol. The van der Waals surface area contributed by atoms with Gasteiger partial charge in [0.25, 0.3) is 0 Å². The third-order valence-electron chi connectivity index (χ3n) is 1.90. The van der Waals surface area contributed by atoms with Crippen LogP contribution >= 0.6 is 15.9 Å². The monoisotopic (exact) mass is 243 g/mol. The normalized spacial score (nSPS) is 17.5. The predicted octanol–water partition coefficient (Wildman–Crippen LogP) is 1.08. The van der Waals surface area contributed by atoms with Gasteiger partial charge < -0.3 is 9.64 Å². The van der Waals surface area contributed by atoms with Crippen molar-refractivity contribution in [3.8, 4) is 0 Å². The molecule has 0 amide bonds. The Bertz CT molecular complexity index is 271. The molecule has 0 unspecified atom stereocenters. The van der Waals surface area contributed by atoms with Crippen molar-refractivity contribution >= 4 is 21.9 Å². The second-order valence-electron chi connectivity index (χ2n) is 2.80. The SMILES string of the molecule is Brc1cnc(N2CCOCC2)nc1. The molecule has 1 aliphatic rings. The molecule has 0 saturated carbocycles. The van der Waals surface area contributed by atoms with E-state index in [9.17, 15) is 0 Å². The minimum Gasteiger partial charge on any atom is -0.378 e. The van der Waals surface area contributed by atoms with Crippen molar-refractivity contribution in [2.45, 2.75) is 0 Å². The molecule has 0 aromatic carbocycles. The summed E-state index contributed by atoms with van der Waals surface area (Å²) in [4.78, 5) is 10.5. The van der Waals surface area contributed by atoms with Crippen LogP contribution in [0.15, 0.2) is 16.9 Å².